The van der Waals surface area contributed by atoms with E-state index < -0.39 is 0 Å². The normalized spacial score (nSPS) is 10.8. The Labute approximate surface area is 158 Å². The molecule has 4 rings (SSSR count). The van der Waals surface area contributed by atoms with Gasteiger partial charge in [-0.2, -0.15) is 0 Å². The zero-order valence-electron chi connectivity index (χ0n) is 13.0. The van der Waals surface area contributed by atoms with Crippen LogP contribution in [0.15, 0.2) is 60.4 Å². The summed E-state index contributed by atoms with van der Waals surface area (Å²) in [5, 5.41) is 6.47. The number of aromatic nitrogens is 3. The van der Waals surface area contributed by atoms with Gasteiger partial charge in [-0.25, -0.2) is 9.97 Å². The molecular formula is C18H13ClN4S2. The van der Waals surface area contributed by atoms with E-state index in [0.29, 0.717) is 11.0 Å². The molecule has 0 unspecified atom stereocenters. The molecule has 0 fully saturated rings. The van der Waals surface area contributed by atoms with E-state index >= 15 is 0 Å². The Morgan fingerprint density at radius 1 is 1.08 bits per heavy atom. The molecule has 0 spiro atoms. The monoisotopic (exact) mass is 384 g/mol. The second-order valence-corrected chi connectivity index (χ2v) is 7.84. The number of thiazole rings is 2. The summed E-state index contributed by atoms with van der Waals surface area (Å²) >= 11 is 8.99. The molecule has 0 radical (unpaired) electrons. The third-order valence-electron chi connectivity index (χ3n) is 3.58. The van der Waals surface area contributed by atoms with Crippen molar-refractivity contribution in [2.75, 3.05) is 5.32 Å². The fraction of sp³-hybridized carbons (Fsp3) is 0.0556. The number of nitrogens with one attached hydrogen (secondary N) is 1. The maximum atomic E-state index is 5.87. The van der Waals surface area contributed by atoms with Crippen LogP contribution in [0.25, 0.3) is 21.8 Å². The van der Waals surface area contributed by atoms with E-state index in [1.54, 1.807) is 29.9 Å². The minimum absolute atomic E-state index is 0.567. The lowest BCUT2D eigenvalue weighted by Crippen LogP contribution is -1.97. The highest BCUT2D eigenvalue weighted by atomic mass is 35.5. The van der Waals surface area contributed by atoms with Crippen molar-refractivity contribution in [2.24, 2.45) is 0 Å². The minimum atomic E-state index is 0.567. The van der Waals surface area contributed by atoms with E-state index in [1.807, 2.05) is 24.3 Å². The van der Waals surface area contributed by atoms with E-state index in [4.69, 9.17) is 16.6 Å². The largest absolute Gasteiger partial charge is 0.380 e. The summed E-state index contributed by atoms with van der Waals surface area (Å²) in [6, 6.07) is 12.2. The van der Waals surface area contributed by atoms with Crippen molar-refractivity contribution >= 4 is 40.0 Å². The van der Waals surface area contributed by atoms with Gasteiger partial charge in [-0.1, -0.05) is 23.7 Å². The summed E-state index contributed by atoms with van der Waals surface area (Å²) < 4.78 is 0.567. The number of hydrogen-bond acceptors (Lipinski definition) is 6. The smallest absolute Gasteiger partial charge is 0.183 e. The molecule has 1 N–H and O–H groups in total. The van der Waals surface area contributed by atoms with Gasteiger partial charge in [0, 0.05) is 45.7 Å². The molecule has 25 heavy (non-hydrogen) atoms. The Bertz CT molecular complexity index is 981. The van der Waals surface area contributed by atoms with Crippen LogP contribution in [0, 0.1) is 0 Å². The van der Waals surface area contributed by atoms with Crippen molar-refractivity contribution in [3.8, 4) is 21.8 Å². The van der Waals surface area contributed by atoms with Crippen LogP contribution in [-0.2, 0) is 6.54 Å². The molecule has 0 saturated heterocycles. The van der Waals surface area contributed by atoms with Crippen LogP contribution in [0.5, 0.6) is 0 Å². The Hall–Kier alpha value is -2.28. The number of rotatable bonds is 5. The first-order chi connectivity index (χ1) is 12.3. The summed E-state index contributed by atoms with van der Waals surface area (Å²) in [6.45, 7) is 0.702. The topological polar surface area (TPSA) is 50.7 Å². The van der Waals surface area contributed by atoms with Crippen LogP contribution < -0.4 is 5.32 Å². The quantitative estimate of drug-likeness (QED) is 0.487. The molecule has 0 aliphatic heterocycles. The van der Waals surface area contributed by atoms with E-state index in [0.717, 1.165) is 32.4 Å². The minimum Gasteiger partial charge on any atom is -0.380 e. The maximum absolute atomic E-state index is 5.87. The fourth-order valence-corrected chi connectivity index (χ4v) is 4.12. The predicted molar refractivity (Wildman–Crippen MR) is 105 cm³/mol. The highest BCUT2D eigenvalue weighted by Crippen LogP contribution is 2.30. The molecule has 3 heterocycles. The number of benzene rings is 1. The van der Waals surface area contributed by atoms with E-state index in [9.17, 15) is 0 Å². The number of anilines is 1. The second kappa shape index (κ2) is 7.31. The lowest BCUT2D eigenvalue weighted by atomic mass is 10.2. The van der Waals surface area contributed by atoms with Gasteiger partial charge in [-0.15, -0.1) is 22.7 Å². The highest BCUT2D eigenvalue weighted by molar-refractivity contribution is 7.15. The zero-order valence-corrected chi connectivity index (χ0v) is 15.4. The average molecular weight is 385 g/mol. The molecule has 0 aliphatic rings. The Kier molecular flexibility index (Phi) is 4.74. The van der Waals surface area contributed by atoms with Crippen molar-refractivity contribution in [3.05, 3.63) is 69.7 Å². The molecule has 0 atom stereocenters. The molecule has 0 aliphatic carbocycles. The molecule has 4 nitrogen and oxygen atoms in total. The van der Waals surface area contributed by atoms with Gasteiger partial charge in [0.25, 0.3) is 0 Å². The average Bonchev–Trinajstić information content (AvgIpc) is 3.30. The molecule has 0 amide bonds. The Morgan fingerprint density at radius 3 is 2.76 bits per heavy atom. The fourth-order valence-electron chi connectivity index (χ4n) is 2.38. The summed E-state index contributed by atoms with van der Waals surface area (Å²) in [5.74, 6) is 0. The van der Waals surface area contributed by atoms with Gasteiger partial charge < -0.3 is 5.32 Å². The van der Waals surface area contributed by atoms with Gasteiger partial charge in [0.15, 0.2) is 4.47 Å². The molecule has 4 aromatic rings. The summed E-state index contributed by atoms with van der Waals surface area (Å²) in [4.78, 5) is 14.0. The van der Waals surface area contributed by atoms with Crippen molar-refractivity contribution in [2.45, 2.75) is 6.54 Å². The molecule has 0 saturated carbocycles. The van der Waals surface area contributed by atoms with Crippen LogP contribution >= 0.6 is 34.3 Å². The maximum Gasteiger partial charge on any atom is 0.183 e. The van der Waals surface area contributed by atoms with Crippen LogP contribution in [0.4, 0.5) is 5.69 Å². The van der Waals surface area contributed by atoms with Crippen LogP contribution in [0.3, 0.4) is 0 Å². The van der Waals surface area contributed by atoms with Crippen LogP contribution in [-0.4, -0.2) is 15.0 Å². The highest BCUT2D eigenvalue weighted by Gasteiger charge is 2.07. The first-order valence-corrected chi connectivity index (χ1v) is 9.66. The van der Waals surface area contributed by atoms with Crippen molar-refractivity contribution < 1.29 is 0 Å². The first-order valence-electron chi connectivity index (χ1n) is 7.58. The molecule has 7 heteroatoms. The lowest BCUT2D eigenvalue weighted by Gasteiger charge is -2.06. The summed E-state index contributed by atoms with van der Waals surface area (Å²) in [5.41, 5.74) is 4.19. The van der Waals surface area contributed by atoms with Crippen molar-refractivity contribution in [3.63, 3.8) is 0 Å². The molecule has 0 bridgehead atoms. The summed E-state index contributed by atoms with van der Waals surface area (Å²) in [7, 11) is 0. The summed E-state index contributed by atoms with van der Waals surface area (Å²) in [6.07, 6.45) is 5.36. The molecule has 124 valence electrons. The van der Waals surface area contributed by atoms with E-state index in [2.05, 4.69) is 32.8 Å². The first kappa shape index (κ1) is 16.2. The third kappa shape index (κ3) is 3.87. The van der Waals surface area contributed by atoms with Gasteiger partial charge in [0.1, 0.15) is 5.01 Å². The van der Waals surface area contributed by atoms with Crippen molar-refractivity contribution in [1.82, 2.24) is 15.0 Å². The van der Waals surface area contributed by atoms with Gasteiger partial charge in [0.2, 0.25) is 0 Å². The SMILES string of the molecule is Clc1ncc(CNc2cccc(-c3nc(-c4ccncc4)cs3)c2)s1. The van der Waals surface area contributed by atoms with Crippen LogP contribution in [0.1, 0.15) is 4.88 Å². The number of halogens is 1. The van der Waals surface area contributed by atoms with Gasteiger partial charge in [-0.3, -0.25) is 4.98 Å². The standard InChI is InChI=1S/C18H13ClN4S2/c19-18-22-10-15(25-18)9-21-14-3-1-2-13(8-14)17-23-16(11-24-17)12-4-6-20-7-5-12/h1-8,10-11,21H,9H2. The number of nitrogens with zero attached hydrogens (tertiary/aromatic N) is 3. The molecule has 3 aromatic heterocycles. The van der Waals surface area contributed by atoms with E-state index in [-0.39, 0.29) is 0 Å². The van der Waals surface area contributed by atoms with Gasteiger partial charge in [-0.05, 0) is 24.3 Å². The number of hydrogen-bond donors (Lipinski definition) is 1. The van der Waals surface area contributed by atoms with Crippen molar-refractivity contribution in [1.29, 1.82) is 0 Å². The van der Waals surface area contributed by atoms with Gasteiger partial charge >= 0.3 is 0 Å². The molecular weight excluding hydrogens is 372 g/mol. The predicted octanol–water partition coefficient (Wildman–Crippen LogP) is 5.59. The second-order valence-electron chi connectivity index (χ2n) is 5.29. The third-order valence-corrected chi connectivity index (χ3v) is 5.59. The van der Waals surface area contributed by atoms with Crippen LogP contribution in [0.2, 0.25) is 4.47 Å². The Morgan fingerprint density at radius 2 is 1.96 bits per heavy atom. The molecule has 1 aromatic carbocycles. The Balaban J connectivity index is 1.52. The lowest BCUT2D eigenvalue weighted by molar-refractivity contribution is 1.17. The zero-order chi connectivity index (χ0) is 17.1. The number of pyridine rings is 1. The van der Waals surface area contributed by atoms with E-state index in [1.165, 1.54) is 11.3 Å². The van der Waals surface area contributed by atoms with Gasteiger partial charge in [0.05, 0.1) is 12.2 Å².